The molecule has 19 heavy (non-hydrogen) atoms. The number of furan rings is 1. The summed E-state index contributed by atoms with van der Waals surface area (Å²) in [6.07, 6.45) is 1.24. The summed E-state index contributed by atoms with van der Waals surface area (Å²) in [6.45, 7) is 16.0. The second kappa shape index (κ2) is 8.39. The zero-order chi connectivity index (χ0) is 14.3. The van der Waals surface area contributed by atoms with Crippen molar-refractivity contribution in [3.05, 3.63) is 23.2 Å². The minimum absolute atomic E-state index is 0.747. The van der Waals surface area contributed by atoms with E-state index in [1.54, 1.807) is 0 Å². The van der Waals surface area contributed by atoms with Crippen LogP contribution in [0.1, 0.15) is 51.2 Å². The third-order valence-corrected chi connectivity index (χ3v) is 3.70. The quantitative estimate of drug-likeness (QED) is 0.740. The van der Waals surface area contributed by atoms with Crippen molar-refractivity contribution in [3.63, 3.8) is 0 Å². The minimum atomic E-state index is 0.747. The van der Waals surface area contributed by atoms with Gasteiger partial charge in [0.25, 0.3) is 0 Å². The van der Waals surface area contributed by atoms with E-state index in [9.17, 15) is 0 Å². The van der Waals surface area contributed by atoms with Gasteiger partial charge in [-0.05, 0) is 37.6 Å². The normalized spacial score (nSPS) is 13.2. The van der Waals surface area contributed by atoms with E-state index in [2.05, 4.69) is 50.9 Å². The monoisotopic (exact) mass is 266 g/mol. The molecule has 1 aromatic heterocycles. The van der Waals surface area contributed by atoms with Gasteiger partial charge in [-0.25, -0.2) is 0 Å². The van der Waals surface area contributed by atoms with Crippen LogP contribution in [0.15, 0.2) is 10.5 Å². The standard InChI is InChI=1S/C16H30N2O/c1-6-13(4)11-18(8-3)12-15-9-14(5)16(19-15)10-17-7-2/h9,13,17H,6-8,10-12H2,1-5H3. The predicted molar refractivity (Wildman–Crippen MR) is 81.2 cm³/mol. The lowest BCUT2D eigenvalue weighted by Gasteiger charge is -2.22. The van der Waals surface area contributed by atoms with E-state index in [4.69, 9.17) is 4.42 Å². The van der Waals surface area contributed by atoms with Crippen LogP contribution in [-0.4, -0.2) is 24.5 Å². The van der Waals surface area contributed by atoms with Gasteiger partial charge in [0.15, 0.2) is 0 Å². The maximum Gasteiger partial charge on any atom is 0.120 e. The average Bonchev–Trinajstić information content (AvgIpc) is 2.75. The molecule has 0 aliphatic carbocycles. The first kappa shape index (κ1) is 16.3. The zero-order valence-corrected chi connectivity index (χ0v) is 13.3. The van der Waals surface area contributed by atoms with Crippen molar-refractivity contribution in [2.75, 3.05) is 19.6 Å². The Morgan fingerprint density at radius 3 is 2.63 bits per heavy atom. The summed E-state index contributed by atoms with van der Waals surface area (Å²) in [5.41, 5.74) is 1.26. The Morgan fingerprint density at radius 1 is 1.32 bits per heavy atom. The van der Waals surface area contributed by atoms with Crippen LogP contribution in [0.25, 0.3) is 0 Å². The fourth-order valence-corrected chi connectivity index (χ4v) is 2.18. The van der Waals surface area contributed by atoms with E-state index in [1.807, 2.05) is 0 Å². The first-order chi connectivity index (χ1) is 9.10. The summed E-state index contributed by atoms with van der Waals surface area (Å²) < 4.78 is 5.96. The van der Waals surface area contributed by atoms with Gasteiger partial charge in [0.1, 0.15) is 11.5 Å². The molecule has 0 spiro atoms. The smallest absolute Gasteiger partial charge is 0.120 e. The van der Waals surface area contributed by atoms with Crippen LogP contribution >= 0.6 is 0 Å². The first-order valence-corrected chi connectivity index (χ1v) is 7.61. The van der Waals surface area contributed by atoms with Crippen molar-refractivity contribution in [1.29, 1.82) is 0 Å². The van der Waals surface area contributed by atoms with Crippen molar-refractivity contribution < 1.29 is 4.42 Å². The van der Waals surface area contributed by atoms with E-state index < -0.39 is 0 Å². The molecule has 0 amide bonds. The maximum atomic E-state index is 5.96. The van der Waals surface area contributed by atoms with Crippen molar-refractivity contribution in [2.24, 2.45) is 5.92 Å². The highest BCUT2D eigenvalue weighted by Crippen LogP contribution is 2.17. The van der Waals surface area contributed by atoms with E-state index in [-0.39, 0.29) is 0 Å². The van der Waals surface area contributed by atoms with Crippen molar-refractivity contribution in [1.82, 2.24) is 10.2 Å². The molecule has 3 heteroatoms. The van der Waals surface area contributed by atoms with Crippen LogP contribution < -0.4 is 5.32 Å². The molecule has 0 saturated heterocycles. The van der Waals surface area contributed by atoms with Gasteiger partial charge in [-0.1, -0.05) is 34.1 Å². The van der Waals surface area contributed by atoms with E-state index >= 15 is 0 Å². The summed E-state index contributed by atoms with van der Waals surface area (Å²) in [5.74, 6) is 2.92. The van der Waals surface area contributed by atoms with Gasteiger partial charge in [-0.2, -0.15) is 0 Å². The molecule has 0 bridgehead atoms. The summed E-state index contributed by atoms with van der Waals surface area (Å²) in [5, 5.41) is 3.32. The Kier molecular flexibility index (Phi) is 7.17. The van der Waals surface area contributed by atoms with Crippen molar-refractivity contribution in [3.8, 4) is 0 Å². The lowest BCUT2D eigenvalue weighted by Crippen LogP contribution is -2.27. The predicted octanol–water partition coefficient (Wildman–Crippen LogP) is 3.57. The zero-order valence-electron chi connectivity index (χ0n) is 13.3. The molecular weight excluding hydrogens is 236 g/mol. The number of nitrogens with zero attached hydrogens (tertiary/aromatic N) is 1. The summed E-state index contributed by atoms with van der Waals surface area (Å²) in [6, 6.07) is 2.19. The van der Waals surface area contributed by atoms with E-state index in [0.29, 0.717) is 0 Å². The first-order valence-electron chi connectivity index (χ1n) is 7.61. The third-order valence-electron chi connectivity index (χ3n) is 3.70. The Hall–Kier alpha value is -0.800. The summed E-state index contributed by atoms with van der Waals surface area (Å²) in [7, 11) is 0. The van der Waals surface area contributed by atoms with Crippen LogP contribution in [0.2, 0.25) is 0 Å². The molecular formula is C16H30N2O. The largest absolute Gasteiger partial charge is 0.463 e. The van der Waals surface area contributed by atoms with Crippen molar-refractivity contribution in [2.45, 2.75) is 54.1 Å². The Labute approximate surface area is 118 Å². The fourth-order valence-electron chi connectivity index (χ4n) is 2.18. The molecule has 0 aliphatic rings. The van der Waals surface area contributed by atoms with Gasteiger partial charge in [0.05, 0.1) is 13.1 Å². The van der Waals surface area contributed by atoms with E-state index in [0.717, 1.165) is 50.2 Å². The van der Waals surface area contributed by atoms with Crippen molar-refractivity contribution >= 4 is 0 Å². The van der Waals surface area contributed by atoms with Crippen LogP contribution in [-0.2, 0) is 13.1 Å². The van der Waals surface area contributed by atoms with Crippen LogP contribution in [0, 0.1) is 12.8 Å². The Balaban J connectivity index is 2.59. The molecule has 1 aromatic rings. The van der Waals surface area contributed by atoms with Crippen LogP contribution in [0.4, 0.5) is 0 Å². The molecule has 0 fully saturated rings. The number of hydrogen-bond acceptors (Lipinski definition) is 3. The number of hydrogen-bond donors (Lipinski definition) is 1. The molecule has 1 rings (SSSR count). The SMILES string of the molecule is CCNCc1oc(CN(CC)CC(C)CC)cc1C. The lowest BCUT2D eigenvalue weighted by atomic mass is 10.1. The molecule has 1 unspecified atom stereocenters. The van der Waals surface area contributed by atoms with Gasteiger partial charge in [-0.3, -0.25) is 4.90 Å². The van der Waals surface area contributed by atoms with Gasteiger partial charge in [0, 0.05) is 6.54 Å². The van der Waals surface area contributed by atoms with Crippen LogP contribution in [0.5, 0.6) is 0 Å². The minimum Gasteiger partial charge on any atom is -0.463 e. The Morgan fingerprint density at radius 2 is 2.05 bits per heavy atom. The molecule has 0 aliphatic heterocycles. The third kappa shape index (κ3) is 5.37. The number of rotatable bonds is 9. The number of nitrogens with one attached hydrogen (secondary N) is 1. The van der Waals surface area contributed by atoms with Gasteiger partial charge in [-0.15, -0.1) is 0 Å². The highest BCUT2D eigenvalue weighted by atomic mass is 16.3. The highest BCUT2D eigenvalue weighted by molar-refractivity contribution is 5.20. The second-order valence-corrected chi connectivity index (χ2v) is 5.44. The molecule has 0 saturated carbocycles. The fraction of sp³-hybridized carbons (Fsp3) is 0.750. The highest BCUT2D eigenvalue weighted by Gasteiger charge is 2.12. The number of aryl methyl sites for hydroxylation is 1. The van der Waals surface area contributed by atoms with Gasteiger partial charge >= 0.3 is 0 Å². The molecule has 1 N–H and O–H groups in total. The van der Waals surface area contributed by atoms with Gasteiger partial charge in [0.2, 0.25) is 0 Å². The van der Waals surface area contributed by atoms with Crippen LogP contribution in [0.3, 0.4) is 0 Å². The Bertz CT molecular complexity index is 360. The summed E-state index contributed by atoms with van der Waals surface area (Å²) in [4.78, 5) is 2.46. The molecule has 0 radical (unpaired) electrons. The topological polar surface area (TPSA) is 28.4 Å². The van der Waals surface area contributed by atoms with Gasteiger partial charge < -0.3 is 9.73 Å². The molecule has 0 aromatic carbocycles. The molecule has 1 heterocycles. The summed E-state index contributed by atoms with van der Waals surface area (Å²) >= 11 is 0. The molecule has 110 valence electrons. The molecule has 1 atom stereocenters. The average molecular weight is 266 g/mol. The lowest BCUT2D eigenvalue weighted by molar-refractivity contribution is 0.218. The second-order valence-electron chi connectivity index (χ2n) is 5.44. The van der Waals surface area contributed by atoms with E-state index in [1.165, 1.54) is 12.0 Å². The maximum absolute atomic E-state index is 5.96. The molecule has 3 nitrogen and oxygen atoms in total.